The van der Waals surface area contributed by atoms with E-state index in [-0.39, 0.29) is 28.9 Å². The Morgan fingerprint density at radius 3 is 2.20 bits per heavy atom. The van der Waals surface area contributed by atoms with Crippen molar-refractivity contribution in [2.45, 2.75) is 20.0 Å². The van der Waals surface area contributed by atoms with Gasteiger partial charge in [0.1, 0.15) is 11.6 Å². The number of aromatic nitrogens is 1. The van der Waals surface area contributed by atoms with Crippen LogP contribution in [0.4, 0.5) is 39.5 Å². The van der Waals surface area contributed by atoms with E-state index in [9.17, 15) is 31.9 Å². The summed E-state index contributed by atoms with van der Waals surface area (Å²) in [4.78, 5) is 39.0. The third-order valence-electron chi connectivity index (χ3n) is 4.89. The summed E-state index contributed by atoms with van der Waals surface area (Å²) >= 11 is 0. The molecule has 3 rings (SSSR count). The number of H-pyrrole nitrogens is 1. The fourth-order valence-corrected chi connectivity index (χ4v) is 3.09. The van der Waals surface area contributed by atoms with E-state index in [4.69, 9.17) is 5.73 Å². The molecule has 4 amide bonds. The molecule has 184 valence electrons. The van der Waals surface area contributed by atoms with Crippen molar-refractivity contribution in [1.82, 2.24) is 4.98 Å². The normalized spacial score (nSPS) is 11.3. The monoisotopic (exact) mass is 491 g/mol. The number of halogens is 4. The molecule has 0 spiro atoms. The number of urea groups is 1. The Balaban J connectivity index is 1.76. The van der Waals surface area contributed by atoms with Crippen LogP contribution in [0.5, 0.6) is 0 Å². The van der Waals surface area contributed by atoms with E-state index in [0.29, 0.717) is 29.3 Å². The summed E-state index contributed by atoms with van der Waals surface area (Å²) in [5.74, 6) is -2.30. The molecule has 0 bridgehead atoms. The Kier molecular flexibility index (Phi) is 7.13. The van der Waals surface area contributed by atoms with Crippen LogP contribution in [0.25, 0.3) is 11.1 Å². The van der Waals surface area contributed by atoms with Crippen molar-refractivity contribution >= 4 is 35.0 Å². The van der Waals surface area contributed by atoms with Gasteiger partial charge in [-0.05, 0) is 35.9 Å². The maximum absolute atomic E-state index is 13.8. The minimum absolute atomic E-state index is 0.0671. The number of alkyl halides is 3. The maximum atomic E-state index is 13.8. The van der Waals surface area contributed by atoms with E-state index in [1.807, 2.05) is 5.32 Å². The molecule has 12 heteroatoms. The first kappa shape index (κ1) is 25.3. The van der Waals surface area contributed by atoms with Gasteiger partial charge in [0.2, 0.25) is 5.91 Å². The molecule has 0 atom stereocenters. The third-order valence-corrected chi connectivity index (χ3v) is 4.89. The van der Waals surface area contributed by atoms with Crippen LogP contribution in [0.15, 0.2) is 48.7 Å². The van der Waals surface area contributed by atoms with Crippen LogP contribution in [0, 0.1) is 11.7 Å². The lowest BCUT2D eigenvalue weighted by atomic mass is 10.0. The van der Waals surface area contributed by atoms with Crippen molar-refractivity contribution in [1.29, 1.82) is 0 Å². The first-order valence-electron chi connectivity index (χ1n) is 10.2. The van der Waals surface area contributed by atoms with Gasteiger partial charge in [-0.3, -0.25) is 9.59 Å². The fraction of sp³-hybridized carbons (Fsp3) is 0.174. The highest BCUT2D eigenvalue weighted by Crippen LogP contribution is 2.32. The number of benzene rings is 2. The van der Waals surface area contributed by atoms with E-state index in [2.05, 4.69) is 15.6 Å². The summed E-state index contributed by atoms with van der Waals surface area (Å²) in [6.45, 7) is 3.37. The second-order valence-electron chi connectivity index (χ2n) is 7.81. The molecule has 8 nitrogen and oxygen atoms in total. The average molecular weight is 491 g/mol. The summed E-state index contributed by atoms with van der Waals surface area (Å²) in [5, 5.41) is 7.02. The predicted molar refractivity (Wildman–Crippen MR) is 122 cm³/mol. The van der Waals surface area contributed by atoms with Crippen molar-refractivity contribution in [3.8, 4) is 11.1 Å². The van der Waals surface area contributed by atoms with Gasteiger partial charge in [0, 0.05) is 23.4 Å². The van der Waals surface area contributed by atoms with E-state index in [1.54, 1.807) is 26.0 Å². The molecule has 2 aromatic carbocycles. The van der Waals surface area contributed by atoms with Crippen molar-refractivity contribution in [2.24, 2.45) is 11.7 Å². The largest absolute Gasteiger partial charge is 0.416 e. The number of carbonyl (C=O) groups excluding carboxylic acids is 3. The van der Waals surface area contributed by atoms with Crippen LogP contribution in [0.2, 0.25) is 0 Å². The van der Waals surface area contributed by atoms with Crippen LogP contribution in [-0.4, -0.2) is 22.8 Å². The van der Waals surface area contributed by atoms with Crippen LogP contribution < -0.4 is 21.7 Å². The summed E-state index contributed by atoms with van der Waals surface area (Å²) in [5.41, 5.74) is 4.97. The smallest absolute Gasteiger partial charge is 0.365 e. The van der Waals surface area contributed by atoms with Crippen LogP contribution in [0.1, 0.15) is 29.8 Å². The first-order chi connectivity index (χ1) is 16.4. The van der Waals surface area contributed by atoms with Crippen LogP contribution in [0.3, 0.4) is 0 Å². The minimum Gasteiger partial charge on any atom is -0.365 e. The molecule has 3 aromatic rings. The van der Waals surface area contributed by atoms with Crippen molar-refractivity contribution < 1.29 is 31.9 Å². The van der Waals surface area contributed by atoms with Gasteiger partial charge < -0.3 is 26.7 Å². The van der Waals surface area contributed by atoms with Crippen molar-refractivity contribution in [2.75, 3.05) is 16.0 Å². The average Bonchev–Trinajstić information content (AvgIpc) is 3.18. The number of primary amides is 1. The second kappa shape index (κ2) is 9.87. The first-order valence-corrected chi connectivity index (χ1v) is 10.2. The molecule has 0 radical (unpaired) electrons. The van der Waals surface area contributed by atoms with E-state index < -0.39 is 35.2 Å². The predicted octanol–water partition coefficient (Wildman–Crippen LogP) is 5.18. The van der Waals surface area contributed by atoms with Gasteiger partial charge in [-0.25, -0.2) is 9.18 Å². The number of anilines is 3. The van der Waals surface area contributed by atoms with Gasteiger partial charge in [0.15, 0.2) is 0 Å². The van der Waals surface area contributed by atoms with Crippen molar-refractivity contribution in [3.05, 3.63) is 65.6 Å². The molecule has 6 N–H and O–H groups in total. The highest BCUT2D eigenvalue weighted by atomic mass is 19.4. The third kappa shape index (κ3) is 5.96. The fourth-order valence-electron chi connectivity index (χ4n) is 3.09. The summed E-state index contributed by atoms with van der Waals surface area (Å²) in [6.07, 6.45) is -3.21. The molecule has 0 aliphatic rings. The lowest BCUT2D eigenvalue weighted by Crippen LogP contribution is -2.21. The highest BCUT2D eigenvalue weighted by Gasteiger charge is 2.31. The zero-order chi connectivity index (χ0) is 25.9. The number of rotatable bonds is 6. The van der Waals surface area contributed by atoms with Gasteiger partial charge >= 0.3 is 12.2 Å². The number of hydrogen-bond acceptors (Lipinski definition) is 3. The Morgan fingerprint density at radius 1 is 0.971 bits per heavy atom. The molecule has 1 aromatic heterocycles. The number of carbonyl (C=O) groups is 3. The van der Waals surface area contributed by atoms with Gasteiger partial charge in [-0.2, -0.15) is 13.2 Å². The van der Waals surface area contributed by atoms with Gasteiger partial charge in [0.05, 0.1) is 16.8 Å². The molecule has 0 aliphatic heterocycles. The second-order valence-corrected chi connectivity index (χ2v) is 7.81. The van der Waals surface area contributed by atoms with E-state index in [0.717, 1.165) is 0 Å². The molecule has 0 unspecified atom stereocenters. The molecule has 0 fully saturated rings. The topological polar surface area (TPSA) is 129 Å². The minimum atomic E-state index is -4.70. The van der Waals surface area contributed by atoms with E-state index in [1.165, 1.54) is 18.3 Å². The number of amides is 4. The summed E-state index contributed by atoms with van der Waals surface area (Å²) < 4.78 is 52.4. The number of aromatic amines is 1. The van der Waals surface area contributed by atoms with Crippen LogP contribution in [-0.2, 0) is 11.0 Å². The number of nitrogens with one attached hydrogen (secondary N) is 4. The van der Waals surface area contributed by atoms with Gasteiger partial charge in [-0.1, -0.05) is 26.0 Å². The lowest BCUT2D eigenvalue weighted by Gasteiger charge is -2.12. The molecule has 0 saturated carbocycles. The maximum Gasteiger partial charge on any atom is 0.416 e. The Hall–Kier alpha value is -4.35. The quantitative estimate of drug-likeness (QED) is 0.305. The van der Waals surface area contributed by atoms with Gasteiger partial charge in [0.25, 0.3) is 5.91 Å². The molecule has 35 heavy (non-hydrogen) atoms. The standard InChI is InChI=1S/C23H21F4N5O3/c1-11(2)21(34)32-20-18(19(28)33)15(10-29-20)12-3-6-14(7-4-12)30-22(35)31-17-9-13(23(25,26)27)5-8-16(17)24/h3-11,29H,1-2H3,(H2,28,33)(H,32,34)(H2,30,31,35). The van der Waals surface area contributed by atoms with Crippen molar-refractivity contribution in [3.63, 3.8) is 0 Å². The Morgan fingerprint density at radius 2 is 1.63 bits per heavy atom. The number of nitrogens with two attached hydrogens (primary N) is 1. The lowest BCUT2D eigenvalue weighted by molar-refractivity contribution is -0.137. The Labute approximate surface area is 196 Å². The number of hydrogen-bond donors (Lipinski definition) is 5. The highest BCUT2D eigenvalue weighted by molar-refractivity contribution is 6.08. The zero-order valence-corrected chi connectivity index (χ0v) is 18.5. The summed E-state index contributed by atoms with van der Waals surface area (Å²) in [7, 11) is 0. The SMILES string of the molecule is CC(C)C(=O)Nc1[nH]cc(-c2ccc(NC(=O)Nc3cc(C(F)(F)F)ccc3F)cc2)c1C(N)=O. The van der Waals surface area contributed by atoms with Gasteiger partial charge in [-0.15, -0.1) is 0 Å². The molecule has 1 heterocycles. The van der Waals surface area contributed by atoms with Crippen LogP contribution >= 0.6 is 0 Å². The molecule has 0 aliphatic carbocycles. The zero-order valence-electron chi connectivity index (χ0n) is 18.5. The molecular formula is C23H21F4N5O3. The summed E-state index contributed by atoms with van der Waals surface area (Å²) in [6, 6.07) is 6.72. The Bertz CT molecular complexity index is 1270. The molecule has 0 saturated heterocycles. The molecular weight excluding hydrogens is 470 g/mol. The van der Waals surface area contributed by atoms with E-state index >= 15 is 0 Å².